The number of carbonyl (C=O) groups excluding carboxylic acids is 1. The van der Waals surface area contributed by atoms with E-state index < -0.39 is 0 Å². The van der Waals surface area contributed by atoms with Gasteiger partial charge < -0.3 is 14.8 Å². The average Bonchev–Trinajstić information content (AvgIpc) is 3.33. The highest BCUT2D eigenvalue weighted by atomic mass is 32.1. The normalized spacial score (nSPS) is 10.6. The van der Waals surface area contributed by atoms with Crippen LogP contribution in [-0.2, 0) is 17.9 Å². The number of carbonyl (C=O) groups is 1. The molecule has 0 radical (unpaired) electrons. The highest BCUT2D eigenvalue weighted by Crippen LogP contribution is 2.31. The third-order valence-corrected chi connectivity index (χ3v) is 5.82. The first kappa shape index (κ1) is 22.2. The van der Waals surface area contributed by atoms with Crippen LogP contribution in [0.25, 0.3) is 21.8 Å². The zero-order valence-electron chi connectivity index (χ0n) is 18.1. The Morgan fingerprint density at radius 3 is 2.55 bits per heavy atom. The maximum Gasteiger partial charge on any atom is 0.267 e. The van der Waals surface area contributed by atoms with Crippen LogP contribution >= 0.6 is 11.3 Å². The lowest BCUT2D eigenvalue weighted by molar-refractivity contribution is -0.122. The van der Waals surface area contributed by atoms with Crippen LogP contribution in [0.1, 0.15) is 5.69 Å². The average molecular weight is 463 g/mol. The molecule has 168 valence electrons. The standard InChI is InChI=1S/C24H22N4O4S/c1-31-20-10-8-17(12-21(20)32-2)19-9-11-23(30)28(27-19)14-22(29)25-13-18-15-33-24(26-18)16-6-4-3-5-7-16/h3-12,15H,13-14H2,1-2H3,(H,25,29). The highest BCUT2D eigenvalue weighted by molar-refractivity contribution is 7.13. The van der Waals surface area contributed by atoms with E-state index in [1.54, 1.807) is 32.4 Å². The van der Waals surface area contributed by atoms with E-state index in [4.69, 9.17) is 9.47 Å². The van der Waals surface area contributed by atoms with Crippen LogP contribution in [0.4, 0.5) is 0 Å². The van der Waals surface area contributed by atoms with Crippen molar-refractivity contribution < 1.29 is 14.3 Å². The number of nitrogens with zero attached hydrogens (tertiary/aromatic N) is 3. The Balaban J connectivity index is 1.43. The SMILES string of the molecule is COc1ccc(-c2ccc(=O)n(CC(=O)NCc3csc(-c4ccccc4)n3)n2)cc1OC. The first-order chi connectivity index (χ1) is 16.1. The lowest BCUT2D eigenvalue weighted by Crippen LogP contribution is -2.33. The molecule has 1 N–H and O–H groups in total. The number of methoxy groups -OCH3 is 2. The topological polar surface area (TPSA) is 95.3 Å². The molecule has 0 atom stereocenters. The van der Waals surface area contributed by atoms with Gasteiger partial charge in [-0.15, -0.1) is 11.3 Å². The first-order valence-electron chi connectivity index (χ1n) is 10.1. The van der Waals surface area contributed by atoms with Crippen LogP contribution in [0, 0.1) is 0 Å². The van der Waals surface area contributed by atoms with Crippen molar-refractivity contribution in [3.63, 3.8) is 0 Å². The van der Waals surface area contributed by atoms with Crippen molar-refractivity contribution in [3.05, 3.63) is 82.1 Å². The van der Waals surface area contributed by atoms with Gasteiger partial charge in [0.1, 0.15) is 11.6 Å². The van der Waals surface area contributed by atoms with Crippen LogP contribution in [0.2, 0.25) is 0 Å². The molecule has 8 nitrogen and oxygen atoms in total. The van der Waals surface area contributed by atoms with Crippen molar-refractivity contribution in [3.8, 4) is 33.3 Å². The molecule has 0 unspecified atom stereocenters. The molecule has 2 aromatic heterocycles. The summed E-state index contributed by atoms with van der Waals surface area (Å²) in [4.78, 5) is 29.3. The van der Waals surface area contributed by atoms with Crippen molar-refractivity contribution in [1.29, 1.82) is 0 Å². The third-order valence-electron chi connectivity index (χ3n) is 4.88. The minimum absolute atomic E-state index is 0.199. The number of aromatic nitrogens is 3. The molecule has 0 bridgehead atoms. The monoisotopic (exact) mass is 462 g/mol. The molecule has 2 aromatic carbocycles. The first-order valence-corrected chi connectivity index (χ1v) is 11.0. The maximum atomic E-state index is 12.5. The van der Waals surface area contributed by atoms with Gasteiger partial charge in [0.05, 0.1) is 32.2 Å². The Hall–Kier alpha value is -3.98. The van der Waals surface area contributed by atoms with E-state index >= 15 is 0 Å². The van der Waals surface area contributed by atoms with Crippen LogP contribution in [-0.4, -0.2) is 34.9 Å². The van der Waals surface area contributed by atoms with Gasteiger partial charge in [-0.25, -0.2) is 9.67 Å². The van der Waals surface area contributed by atoms with E-state index in [9.17, 15) is 9.59 Å². The summed E-state index contributed by atoms with van der Waals surface area (Å²) in [6.45, 7) is 0.0714. The molecule has 33 heavy (non-hydrogen) atoms. The molecular weight excluding hydrogens is 440 g/mol. The fraction of sp³-hybridized carbons (Fsp3) is 0.167. The van der Waals surface area contributed by atoms with Gasteiger partial charge in [0, 0.05) is 22.6 Å². The lowest BCUT2D eigenvalue weighted by Gasteiger charge is -2.11. The van der Waals surface area contributed by atoms with Crippen LogP contribution in [0.5, 0.6) is 11.5 Å². The van der Waals surface area contributed by atoms with Crippen molar-refractivity contribution >= 4 is 17.2 Å². The van der Waals surface area contributed by atoms with Gasteiger partial charge in [-0.3, -0.25) is 9.59 Å². The molecule has 4 aromatic rings. The fourth-order valence-corrected chi connectivity index (χ4v) is 4.02. The van der Waals surface area contributed by atoms with Crippen molar-refractivity contribution in [2.75, 3.05) is 14.2 Å². The van der Waals surface area contributed by atoms with E-state index in [0.29, 0.717) is 17.2 Å². The quantitative estimate of drug-likeness (QED) is 0.431. The number of hydrogen-bond acceptors (Lipinski definition) is 7. The fourth-order valence-electron chi connectivity index (χ4n) is 3.19. The molecule has 0 fully saturated rings. The van der Waals surface area contributed by atoms with E-state index in [2.05, 4.69) is 15.4 Å². The summed E-state index contributed by atoms with van der Waals surface area (Å²) >= 11 is 1.52. The van der Waals surface area contributed by atoms with Crippen LogP contribution in [0.15, 0.2) is 70.8 Å². The van der Waals surface area contributed by atoms with Crippen molar-refractivity contribution in [2.24, 2.45) is 0 Å². The third kappa shape index (κ3) is 5.27. The molecular formula is C24H22N4O4S. The Kier molecular flexibility index (Phi) is 6.80. The minimum atomic E-state index is -0.366. The second-order valence-electron chi connectivity index (χ2n) is 7.07. The molecule has 0 aliphatic heterocycles. The van der Waals surface area contributed by atoms with Crippen molar-refractivity contribution in [2.45, 2.75) is 13.1 Å². The van der Waals surface area contributed by atoms with E-state index in [1.165, 1.54) is 17.4 Å². The molecule has 4 rings (SSSR count). The van der Waals surface area contributed by atoms with Gasteiger partial charge in [0.25, 0.3) is 5.56 Å². The Bertz CT molecular complexity index is 1320. The number of nitrogens with one attached hydrogen (secondary N) is 1. The molecule has 9 heteroatoms. The molecule has 0 aliphatic carbocycles. The Morgan fingerprint density at radius 1 is 1.00 bits per heavy atom. The van der Waals surface area contributed by atoms with Gasteiger partial charge >= 0.3 is 0 Å². The number of benzene rings is 2. The Labute approximate surface area is 194 Å². The van der Waals surface area contributed by atoms with Crippen molar-refractivity contribution in [1.82, 2.24) is 20.1 Å². The zero-order chi connectivity index (χ0) is 23.2. The Morgan fingerprint density at radius 2 is 1.79 bits per heavy atom. The summed E-state index contributed by atoms with van der Waals surface area (Å²) in [7, 11) is 3.11. The minimum Gasteiger partial charge on any atom is -0.493 e. The highest BCUT2D eigenvalue weighted by Gasteiger charge is 2.12. The van der Waals surface area contributed by atoms with E-state index in [1.807, 2.05) is 41.8 Å². The van der Waals surface area contributed by atoms with Gasteiger partial charge in [0.15, 0.2) is 11.5 Å². The summed E-state index contributed by atoms with van der Waals surface area (Å²) < 4.78 is 11.7. The molecule has 0 aliphatic rings. The largest absolute Gasteiger partial charge is 0.493 e. The van der Waals surface area contributed by atoms with Gasteiger partial charge in [-0.2, -0.15) is 5.10 Å². The predicted octanol–water partition coefficient (Wildman–Crippen LogP) is 3.37. The van der Waals surface area contributed by atoms with Crippen LogP contribution < -0.4 is 20.3 Å². The summed E-state index contributed by atoms with van der Waals surface area (Å²) in [6.07, 6.45) is 0. The molecule has 2 heterocycles. The number of thiazole rings is 1. The smallest absolute Gasteiger partial charge is 0.267 e. The van der Waals surface area contributed by atoms with Crippen LogP contribution in [0.3, 0.4) is 0 Å². The number of amides is 1. The number of hydrogen-bond donors (Lipinski definition) is 1. The molecule has 0 saturated heterocycles. The zero-order valence-corrected chi connectivity index (χ0v) is 19.0. The molecule has 0 saturated carbocycles. The second-order valence-corrected chi connectivity index (χ2v) is 7.93. The summed E-state index contributed by atoms with van der Waals surface area (Å²) in [5.74, 6) is 0.806. The van der Waals surface area contributed by atoms with Gasteiger partial charge in [-0.05, 0) is 24.3 Å². The van der Waals surface area contributed by atoms with Gasteiger partial charge in [-0.1, -0.05) is 30.3 Å². The van der Waals surface area contributed by atoms with Gasteiger partial charge in [0.2, 0.25) is 5.91 Å². The molecule has 1 amide bonds. The van der Waals surface area contributed by atoms with E-state index in [0.717, 1.165) is 26.5 Å². The van der Waals surface area contributed by atoms with E-state index in [-0.39, 0.29) is 24.6 Å². The second kappa shape index (κ2) is 10.1. The summed E-state index contributed by atoms with van der Waals surface area (Å²) in [5, 5.41) is 9.94. The maximum absolute atomic E-state index is 12.5. The summed E-state index contributed by atoms with van der Waals surface area (Å²) in [6, 6.07) is 18.2. The molecule has 0 spiro atoms. The number of ether oxygens (including phenoxy) is 2. The predicted molar refractivity (Wildman–Crippen MR) is 126 cm³/mol. The lowest BCUT2D eigenvalue weighted by atomic mass is 10.1. The summed E-state index contributed by atoms with van der Waals surface area (Å²) in [5.41, 5.74) is 2.69. The number of rotatable bonds is 8.